The summed E-state index contributed by atoms with van der Waals surface area (Å²) < 4.78 is 15.1. The lowest BCUT2D eigenvalue weighted by Gasteiger charge is -2.16. The average molecular weight is 367 g/mol. The highest BCUT2D eigenvalue weighted by molar-refractivity contribution is 5.68. The Kier molecular flexibility index (Phi) is 10.5. The van der Waals surface area contributed by atoms with Crippen molar-refractivity contribution in [3.63, 3.8) is 0 Å². The van der Waals surface area contributed by atoms with E-state index < -0.39 is 0 Å². The van der Waals surface area contributed by atoms with Gasteiger partial charge in [-0.1, -0.05) is 32.1 Å². The largest absolute Gasteiger partial charge is 0.504 e. The van der Waals surface area contributed by atoms with Crippen LogP contribution in [0.5, 0.6) is 17.2 Å². The van der Waals surface area contributed by atoms with Crippen molar-refractivity contribution in [3.8, 4) is 17.2 Å². The molecular weight excluding hydrogens is 334 g/mol. The molecule has 148 valence electrons. The zero-order valence-corrected chi connectivity index (χ0v) is 16.3. The standard InChI is InChI=1S/C20H33NO5/c1-24-17-13-15(14-21)16(19(23)20(17)26-3)11-9-7-5-4-6-8-10-12-18(22)25-2/h13,23H,4-12,14,21H2,1-3H3. The van der Waals surface area contributed by atoms with Crippen molar-refractivity contribution in [1.29, 1.82) is 0 Å². The number of hydrogen-bond donors (Lipinski definition) is 2. The molecule has 0 fully saturated rings. The minimum atomic E-state index is -0.129. The van der Waals surface area contributed by atoms with Crippen LogP contribution in [-0.2, 0) is 22.5 Å². The molecule has 0 saturated heterocycles. The van der Waals surface area contributed by atoms with Gasteiger partial charge in [-0.3, -0.25) is 4.79 Å². The van der Waals surface area contributed by atoms with Gasteiger partial charge in [0.25, 0.3) is 0 Å². The van der Waals surface area contributed by atoms with Crippen LogP contribution in [0.3, 0.4) is 0 Å². The molecule has 0 heterocycles. The van der Waals surface area contributed by atoms with Crippen LogP contribution in [0.15, 0.2) is 6.07 Å². The molecule has 0 bridgehead atoms. The number of aromatic hydroxyl groups is 1. The highest BCUT2D eigenvalue weighted by Gasteiger charge is 2.18. The third-order valence-electron chi connectivity index (χ3n) is 4.60. The van der Waals surface area contributed by atoms with Crippen LogP contribution < -0.4 is 15.2 Å². The van der Waals surface area contributed by atoms with Gasteiger partial charge < -0.3 is 25.1 Å². The van der Waals surface area contributed by atoms with Gasteiger partial charge in [-0.05, 0) is 30.9 Å². The van der Waals surface area contributed by atoms with Crippen molar-refractivity contribution in [1.82, 2.24) is 0 Å². The van der Waals surface area contributed by atoms with Gasteiger partial charge in [0, 0.05) is 18.5 Å². The summed E-state index contributed by atoms with van der Waals surface area (Å²) in [5.41, 5.74) is 7.57. The van der Waals surface area contributed by atoms with Gasteiger partial charge in [0.1, 0.15) is 0 Å². The van der Waals surface area contributed by atoms with Crippen LogP contribution in [-0.4, -0.2) is 32.4 Å². The molecule has 26 heavy (non-hydrogen) atoms. The molecule has 0 atom stereocenters. The van der Waals surface area contributed by atoms with E-state index in [4.69, 9.17) is 15.2 Å². The van der Waals surface area contributed by atoms with Gasteiger partial charge in [-0.25, -0.2) is 0 Å². The first-order chi connectivity index (χ1) is 12.6. The first kappa shape index (κ1) is 22.1. The molecule has 0 aliphatic rings. The number of phenols is 1. The van der Waals surface area contributed by atoms with E-state index in [0.717, 1.165) is 62.5 Å². The van der Waals surface area contributed by atoms with Crippen LogP contribution in [0.25, 0.3) is 0 Å². The summed E-state index contributed by atoms with van der Waals surface area (Å²) in [6.07, 6.45) is 8.74. The van der Waals surface area contributed by atoms with E-state index in [1.54, 1.807) is 7.11 Å². The second-order valence-electron chi connectivity index (χ2n) is 6.35. The second-order valence-corrected chi connectivity index (χ2v) is 6.35. The molecule has 1 rings (SSSR count). The highest BCUT2D eigenvalue weighted by Crippen LogP contribution is 2.41. The zero-order valence-electron chi connectivity index (χ0n) is 16.3. The van der Waals surface area contributed by atoms with Gasteiger partial charge >= 0.3 is 5.97 Å². The Bertz CT molecular complexity index is 560. The van der Waals surface area contributed by atoms with E-state index in [1.165, 1.54) is 14.2 Å². The van der Waals surface area contributed by atoms with E-state index in [1.807, 2.05) is 6.07 Å². The smallest absolute Gasteiger partial charge is 0.305 e. The maximum atomic E-state index is 11.0. The molecule has 0 aromatic heterocycles. The van der Waals surface area contributed by atoms with Crippen LogP contribution in [0.1, 0.15) is 62.5 Å². The quantitative estimate of drug-likeness (QED) is 0.408. The minimum Gasteiger partial charge on any atom is -0.504 e. The number of phenolic OH excluding ortho intramolecular Hbond substituents is 1. The first-order valence-electron chi connectivity index (χ1n) is 9.31. The zero-order chi connectivity index (χ0) is 19.4. The number of nitrogens with two attached hydrogens (primary N) is 1. The van der Waals surface area contributed by atoms with Gasteiger partial charge in [-0.2, -0.15) is 0 Å². The highest BCUT2D eigenvalue weighted by atomic mass is 16.5. The maximum Gasteiger partial charge on any atom is 0.305 e. The van der Waals surface area contributed by atoms with Gasteiger partial charge in [0.2, 0.25) is 5.75 Å². The molecule has 0 aliphatic carbocycles. The molecular formula is C20H33NO5. The van der Waals surface area contributed by atoms with Crippen LogP contribution >= 0.6 is 0 Å². The summed E-state index contributed by atoms with van der Waals surface area (Å²) in [6.45, 7) is 0.351. The number of unbranched alkanes of at least 4 members (excludes halogenated alkanes) is 6. The third-order valence-corrected chi connectivity index (χ3v) is 4.60. The fourth-order valence-electron chi connectivity index (χ4n) is 3.08. The van der Waals surface area contributed by atoms with E-state index in [-0.39, 0.29) is 11.7 Å². The Morgan fingerprint density at radius 1 is 1.00 bits per heavy atom. The SMILES string of the molecule is COC(=O)CCCCCCCCCc1c(CN)cc(OC)c(OC)c1O. The fourth-order valence-corrected chi connectivity index (χ4v) is 3.08. The molecule has 1 aromatic rings. The number of esters is 1. The topological polar surface area (TPSA) is 91.0 Å². The number of carbonyl (C=O) groups excluding carboxylic acids is 1. The number of methoxy groups -OCH3 is 3. The van der Waals surface area contributed by atoms with Crippen molar-refractivity contribution in [3.05, 3.63) is 17.2 Å². The summed E-state index contributed by atoms with van der Waals surface area (Å²) in [6, 6.07) is 1.84. The third kappa shape index (κ3) is 6.75. The van der Waals surface area contributed by atoms with E-state index in [9.17, 15) is 9.90 Å². The number of ether oxygens (including phenoxy) is 3. The summed E-state index contributed by atoms with van der Waals surface area (Å²) in [7, 11) is 4.49. The summed E-state index contributed by atoms with van der Waals surface area (Å²) in [5.74, 6) is 0.872. The van der Waals surface area contributed by atoms with Crippen molar-refractivity contribution in [2.24, 2.45) is 5.73 Å². The summed E-state index contributed by atoms with van der Waals surface area (Å²) in [4.78, 5) is 11.0. The van der Waals surface area contributed by atoms with Crippen LogP contribution in [0, 0.1) is 0 Å². The Labute approximate surface area is 156 Å². The molecule has 6 nitrogen and oxygen atoms in total. The number of carbonyl (C=O) groups is 1. The van der Waals surface area contributed by atoms with E-state index >= 15 is 0 Å². The monoisotopic (exact) mass is 367 g/mol. The van der Waals surface area contributed by atoms with Crippen molar-refractivity contribution < 1.29 is 24.1 Å². The number of hydrogen-bond acceptors (Lipinski definition) is 6. The van der Waals surface area contributed by atoms with Gasteiger partial charge in [0.15, 0.2) is 11.5 Å². The Morgan fingerprint density at radius 2 is 1.62 bits per heavy atom. The predicted molar refractivity (Wildman–Crippen MR) is 102 cm³/mol. The summed E-state index contributed by atoms with van der Waals surface area (Å²) in [5, 5.41) is 10.5. The van der Waals surface area contributed by atoms with E-state index in [0.29, 0.717) is 24.5 Å². The number of rotatable bonds is 13. The van der Waals surface area contributed by atoms with Gasteiger partial charge in [-0.15, -0.1) is 0 Å². The minimum absolute atomic E-state index is 0.129. The van der Waals surface area contributed by atoms with Crippen molar-refractivity contribution in [2.45, 2.75) is 64.3 Å². The second kappa shape index (κ2) is 12.4. The molecule has 0 saturated carbocycles. The molecule has 0 radical (unpaired) electrons. The summed E-state index contributed by atoms with van der Waals surface area (Å²) >= 11 is 0. The van der Waals surface area contributed by atoms with E-state index in [2.05, 4.69) is 4.74 Å². The Morgan fingerprint density at radius 3 is 2.15 bits per heavy atom. The van der Waals surface area contributed by atoms with Crippen LogP contribution in [0.4, 0.5) is 0 Å². The molecule has 1 aromatic carbocycles. The normalized spacial score (nSPS) is 10.6. The lowest BCUT2D eigenvalue weighted by atomic mass is 9.98. The molecule has 0 amide bonds. The van der Waals surface area contributed by atoms with Crippen molar-refractivity contribution in [2.75, 3.05) is 21.3 Å². The maximum absolute atomic E-state index is 11.0. The molecule has 6 heteroatoms. The Hall–Kier alpha value is -1.95. The van der Waals surface area contributed by atoms with Crippen molar-refractivity contribution >= 4 is 5.97 Å². The predicted octanol–water partition coefficient (Wildman–Crippen LogP) is 3.70. The lowest BCUT2D eigenvalue weighted by Crippen LogP contribution is -2.05. The Balaban J connectivity index is 2.38. The average Bonchev–Trinajstić information content (AvgIpc) is 2.66. The van der Waals surface area contributed by atoms with Crippen LogP contribution in [0.2, 0.25) is 0 Å². The molecule has 0 unspecified atom stereocenters. The molecule has 3 N–H and O–H groups in total. The molecule has 0 spiro atoms. The number of benzene rings is 1. The lowest BCUT2D eigenvalue weighted by molar-refractivity contribution is -0.140. The van der Waals surface area contributed by atoms with Gasteiger partial charge in [0.05, 0.1) is 21.3 Å². The fraction of sp³-hybridized carbons (Fsp3) is 0.650. The first-order valence-corrected chi connectivity index (χ1v) is 9.31. The molecule has 0 aliphatic heterocycles.